The lowest BCUT2D eigenvalue weighted by Gasteiger charge is -2.26. The number of rotatable bonds is 8. The van der Waals surface area contributed by atoms with Crippen LogP contribution in [-0.2, 0) is 0 Å². The molecule has 0 aliphatic rings. The molecule has 57 heavy (non-hydrogen) atoms. The van der Waals surface area contributed by atoms with Gasteiger partial charge in [0.25, 0.3) is 0 Å². The third kappa shape index (κ3) is 6.77. The number of benzene rings is 10. The number of nitrogens with zero attached hydrogens (tertiary/aromatic N) is 1. The molecule has 0 spiro atoms. The first-order chi connectivity index (χ1) is 32.0. The molecule has 10 aromatic carbocycles. The van der Waals surface area contributed by atoms with Crippen molar-refractivity contribution in [2.75, 3.05) is 4.90 Å². The highest BCUT2D eigenvalue weighted by atomic mass is 15.1. The van der Waals surface area contributed by atoms with E-state index < -0.39 is 54.4 Å². The molecule has 0 saturated carbocycles. The average Bonchev–Trinajstić information content (AvgIpc) is 3.36. The molecule has 1 nitrogen and oxygen atoms in total. The molecule has 0 atom stereocenters. The lowest BCUT2D eigenvalue weighted by Crippen LogP contribution is -2.09. The number of hydrogen-bond acceptors (Lipinski definition) is 1. The monoisotopic (exact) mass is 734 g/mol. The van der Waals surface area contributed by atoms with E-state index in [0.717, 1.165) is 60.7 Å². The van der Waals surface area contributed by atoms with Crippen LogP contribution in [0.15, 0.2) is 236 Å². The van der Waals surface area contributed by atoms with Gasteiger partial charge in [0.2, 0.25) is 0 Å². The smallest absolute Gasteiger partial charge is 0.0645 e. The fourth-order valence-electron chi connectivity index (χ4n) is 7.59. The molecule has 10 aromatic rings. The summed E-state index contributed by atoms with van der Waals surface area (Å²) >= 11 is 0. The predicted molar refractivity (Wildman–Crippen MR) is 243 cm³/mol. The first-order valence-corrected chi connectivity index (χ1v) is 18.8. The summed E-state index contributed by atoms with van der Waals surface area (Å²) < 4.78 is 79.4. The Morgan fingerprint density at radius 2 is 0.842 bits per heavy atom. The van der Waals surface area contributed by atoms with Crippen molar-refractivity contribution in [1.82, 2.24) is 0 Å². The highest BCUT2D eigenvalue weighted by molar-refractivity contribution is 6.04. The molecule has 0 aliphatic heterocycles. The second kappa shape index (κ2) is 15.0. The average molecular weight is 735 g/mol. The predicted octanol–water partition coefficient (Wildman–Crippen LogP) is 15.8. The molecule has 0 aromatic heterocycles. The topological polar surface area (TPSA) is 3.24 Å². The minimum absolute atomic E-state index is 0.0596. The van der Waals surface area contributed by atoms with Gasteiger partial charge < -0.3 is 4.90 Å². The third-order valence-electron chi connectivity index (χ3n) is 10.4. The Labute approximate surface area is 347 Å². The van der Waals surface area contributed by atoms with Gasteiger partial charge in [0.05, 0.1) is 12.3 Å². The van der Waals surface area contributed by atoms with Crippen LogP contribution in [0.5, 0.6) is 0 Å². The largest absolute Gasteiger partial charge is 0.311 e. The van der Waals surface area contributed by atoms with E-state index in [0.29, 0.717) is 11.4 Å². The van der Waals surface area contributed by atoms with E-state index in [-0.39, 0.29) is 16.8 Å². The molecule has 0 bridgehead atoms. The third-order valence-corrected chi connectivity index (χ3v) is 10.4. The quantitative estimate of drug-likeness (QED) is 0.150. The van der Waals surface area contributed by atoms with Gasteiger partial charge in [0.15, 0.2) is 0 Å². The van der Waals surface area contributed by atoms with Crippen LogP contribution in [0.25, 0.3) is 77.2 Å². The SMILES string of the molecule is [2H]c1c([2H])c([2H])c(-c2c([2H])c([2H])c(N(c3ccc(-c4cccc(-c5ccc6ccccc6c5)c4)cc3)c3ccc(-c4ccc5ccccc5c4-c4ccccc4)cc3)c([2H])c2[2H])c([2H])c1[2H]. The van der Waals surface area contributed by atoms with Crippen LogP contribution in [-0.4, -0.2) is 0 Å². The van der Waals surface area contributed by atoms with Crippen LogP contribution in [0, 0.1) is 0 Å². The Hall–Kier alpha value is -7.48. The van der Waals surface area contributed by atoms with Gasteiger partial charge in [-0.3, -0.25) is 0 Å². The van der Waals surface area contributed by atoms with Crippen molar-refractivity contribution in [3.05, 3.63) is 236 Å². The van der Waals surface area contributed by atoms with Crippen LogP contribution in [0.2, 0.25) is 0 Å². The molecule has 0 N–H and O–H groups in total. The fourth-order valence-corrected chi connectivity index (χ4v) is 7.59. The van der Waals surface area contributed by atoms with E-state index in [1.54, 1.807) is 4.90 Å². The van der Waals surface area contributed by atoms with Gasteiger partial charge in [-0.15, -0.1) is 0 Å². The van der Waals surface area contributed by atoms with E-state index in [2.05, 4.69) is 78.9 Å². The molecule has 0 fully saturated rings. The minimum atomic E-state index is -0.627. The zero-order valence-electron chi connectivity index (χ0n) is 39.8. The normalized spacial score (nSPS) is 13.4. The lowest BCUT2D eigenvalue weighted by atomic mass is 9.90. The highest BCUT2D eigenvalue weighted by Crippen LogP contribution is 2.41. The van der Waals surface area contributed by atoms with E-state index in [1.165, 1.54) is 5.39 Å². The summed E-state index contributed by atoms with van der Waals surface area (Å²) in [4.78, 5) is 1.68. The number of fused-ring (bicyclic) bond motifs is 2. The van der Waals surface area contributed by atoms with E-state index >= 15 is 0 Å². The maximum Gasteiger partial charge on any atom is 0.0645 e. The first kappa shape index (κ1) is 25.6. The second-order valence-electron chi connectivity index (χ2n) is 13.9. The van der Waals surface area contributed by atoms with Crippen molar-refractivity contribution in [2.24, 2.45) is 0 Å². The zero-order valence-corrected chi connectivity index (χ0v) is 30.8. The summed E-state index contributed by atoms with van der Waals surface area (Å²) in [5, 5.41) is 4.55. The molecule has 0 saturated heterocycles. The molecule has 0 radical (unpaired) electrons. The van der Waals surface area contributed by atoms with Crippen molar-refractivity contribution < 1.29 is 12.3 Å². The van der Waals surface area contributed by atoms with Crippen LogP contribution in [0.1, 0.15) is 12.3 Å². The molecule has 10 rings (SSSR count). The molecule has 268 valence electrons. The maximum atomic E-state index is 9.47. The molecule has 0 amide bonds. The van der Waals surface area contributed by atoms with Gasteiger partial charge in [0, 0.05) is 17.1 Å². The van der Waals surface area contributed by atoms with Gasteiger partial charge >= 0.3 is 0 Å². The van der Waals surface area contributed by atoms with Crippen molar-refractivity contribution in [3.8, 4) is 55.6 Å². The van der Waals surface area contributed by atoms with E-state index in [9.17, 15) is 5.48 Å². The Bertz CT molecular complexity index is 3460. The molecular weight excluding hydrogens is 687 g/mol. The maximum absolute atomic E-state index is 9.47. The minimum Gasteiger partial charge on any atom is -0.311 e. The van der Waals surface area contributed by atoms with Gasteiger partial charge in [-0.25, -0.2) is 0 Å². The van der Waals surface area contributed by atoms with E-state index in [1.807, 2.05) is 103 Å². The van der Waals surface area contributed by atoms with Gasteiger partial charge in [-0.2, -0.15) is 0 Å². The standard InChI is InChI=1S/C56H39N/c1-3-12-40(13-4-1)42-24-31-51(32-25-42)57(52-33-26-43(27-34-52)48-19-11-20-49(38-48)50-23-22-41-14-7-8-18-47(41)39-50)53-35-28-45(29-36-53)55-37-30-44-15-9-10-21-54(44)56(55)46-16-5-2-6-17-46/h1-39H/i1D,3D,4D,12D,13D,24D,25D,31D,32D. The molecule has 1 heteroatoms. The molecular formula is C56H39N. The number of anilines is 3. The zero-order chi connectivity index (χ0) is 45.8. The van der Waals surface area contributed by atoms with Gasteiger partial charge in [-0.05, 0) is 126 Å². The Morgan fingerprint density at radius 3 is 1.58 bits per heavy atom. The van der Waals surface area contributed by atoms with Crippen molar-refractivity contribution in [2.45, 2.75) is 0 Å². The van der Waals surface area contributed by atoms with Crippen LogP contribution in [0.4, 0.5) is 17.1 Å². The summed E-state index contributed by atoms with van der Waals surface area (Å²) in [7, 11) is 0. The van der Waals surface area contributed by atoms with Crippen LogP contribution in [0.3, 0.4) is 0 Å². The van der Waals surface area contributed by atoms with Crippen LogP contribution < -0.4 is 4.90 Å². The Kier molecular flexibility index (Phi) is 6.72. The Balaban J connectivity index is 1.11. The van der Waals surface area contributed by atoms with Gasteiger partial charge in [-0.1, -0.05) is 188 Å². The van der Waals surface area contributed by atoms with Crippen molar-refractivity contribution in [3.63, 3.8) is 0 Å². The lowest BCUT2D eigenvalue weighted by molar-refractivity contribution is 1.28. The second-order valence-corrected chi connectivity index (χ2v) is 13.9. The molecule has 0 aliphatic carbocycles. The van der Waals surface area contributed by atoms with Crippen molar-refractivity contribution in [1.29, 1.82) is 0 Å². The molecule has 0 heterocycles. The number of hydrogen-bond donors (Lipinski definition) is 0. The summed E-state index contributed by atoms with van der Waals surface area (Å²) in [6, 6.07) is 56.2. The summed E-state index contributed by atoms with van der Waals surface area (Å²) in [6.45, 7) is 0. The molecule has 0 unspecified atom stereocenters. The fraction of sp³-hybridized carbons (Fsp3) is 0. The summed E-state index contributed by atoms with van der Waals surface area (Å²) in [6.07, 6.45) is 0. The highest BCUT2D eigenvalue weighted by Gasteiger charge is 2.16. The Morgan fingerprint density at radius 1 is 0.298 bits per heavy atom. The summed E-state index contributed by atoms with van der Waals surface area (Å²) in [5.41, 5.74) is 8.47. The first-order valence-electron chi connectivity index (χ1n) is 23.3. The van der Waals surface area contributed by atoms with Gasteiger partial charge in [0.1, 0.15) is 0 Å². The van der Waals surface area contributed by atoms with Crippen molar-refractivity contribution >= 4 is 38.6 Å². The van der Waals surface area contributed by atoms with E-state index in [4.69, 9.17) is 6.85 Å². The van der Waals surface area contributed by atoms with Crippen LogP contribution >= 0.6 is 0 Å². The summed E-state index contributed by atoms with van der Waals surface area (Å²) in [5.74, 6) is 0.